The summed E-state index contributed by atoms with van der Waals surface area (Å²) in [5.41, 5.74) is -1.25. The monoisotopic (exact) mass is 205 g/mol. The lowest BCUT2D eigenvalue weighted by molar-refractivity contribution is 0.110. The second-order valence-corrected chi connectivity index (χ2v) is 2.37. The van der Waals surface area contributed by atoms with Crippen LogP contribution in [0, 0.1) is 5.95 Å². The zero-order chi connectivity index (χ0) is 10.7. The summed E-state index contributed by atoms with van der Waals surface area (Å²) in [5.74, 6) is -1.50. The van der Waals surface area contributed by atoms with Crippen LogP contribution in [0.2, 0.25) is 0 Å². The number of hydrogen-bond acceptors (Lipinski definition) is 3. The molecule has 0 radical (unpaired) electrons. The predicted octanol–water partition coefficient (Wildman–Crippen LogP) is 1.98. The average Bonchev–Trinajstić information content (AvgIpc) is 2.16. The van der Waals surface area contributed by atoms with Gasteiger partial charge in [0.1, 0.15) is 5.69 Å². The van der Waals surface area contributed by atoms with Crippen LogP contribution in [0.3, 0.4) is 0 Å². The predicted molar refractivity (Wildman–Crippen MR) is 41.1 cm³/mol. The summed E-state index contributed by atoms with van der Waals surface area (Å²) >= 11 is 0. The van der Waals surface area contributed by atoms with Crippen molar-refractivity contribution in [2.75, 3.05) is 7.11 Å². The number of carbonyl (C=O) groups excluding carboxylic acids is 1. The third-order valence-electron chi connectivity index (χ3n) is 1.57. The van der Waals surface area contributed by atoms with Crippen molar-refractivity contribution in [2.24, 2.45) is 0 Å². The maximum atomic E-state index is 12.8. The van der Waals surface area contributed by atoms with Gasteiger partial charge in [0.2, 0.25) is 0 Å². The molecule has 1 rings (SSSR count). The first kappa shape index (κ1) is 10.5. The maximum Gasteiger partial charge on any atom is 0.266 e. The molecule has 0 fully saturated rings. The molecule has 0 aliphatic carbocycles. The van der Waals surface area contributed by atoms with Crippen LogP contribution in [-0.2, 0) is 0 Å². The van der Waals surface area contributed by atoms with Crippen molar-refractivity contribution in [3.8, 4) is 5.75 Å². The summed E-state index contributed by atoms with van der Waals surface area (Å²) < 4.78 is 41.9. The van der Waals surface area contributed by atoms with Gasteiger partial charge in [-0.3, -0.25) is 4.79 Å². The first-order valence-corrected chi connectivity index (χ1v) is 3.58. The van der Waals surface area contributed by atoms with Gasteiger partial charge in [-0.1, -0.05) is 0 Å². The molecule has 1 heterocycles. The molecule has 0 amide bonds. The minimum Gasteiger partial charge on any atom is -0.492 e. The summed E-state index contributed by atoms with van der Waals surface area (Å²) in [6.07, 6.45) is -2.82. The van der Waals surface area contributed by atoms with Crippen molar-refractivity contribution in [1.29, 1.82) is 0 Å². The fraction of sp³-hybridized carbons (Fsp3) is 0.250. The molecule has 0 saturated heterocycles. The van der Waals surface area contributed by atoms with Gasteiger partial charge in [0, 0.05) is 0 Å². The highest BCUT2D eigenvalue weighted by Crippen LogP contribution is 2.26. The van der Waals surface area contributed by atoms with Gasteiger partial charge in [-0.15, -0.1) is 0 Å². The van der Waals surface area contributed by atoms with Gasteiger partial charge < -0.3 is 4.74 Å². The fourth-order valence-electron chi connectivity index (χ4n) is 0.912. The Hall–Kier alpha value is -1.59. The Labute approximate surface area is 77.5 Å². The van der Waals surface area contributed by atoms with E-state index in [1.807, 2.05) is 0 Å². The largest absolute Gasteiger partial charge is 0.492 e. The highest BCUT2D eigenvalue weighted by atomic mass is 19.3. The molecule has 3 nitrogen and oxygen atoms in total. The number of methoxy groups -OCH3 is 1. The number of nitrogens with zero attached hydrogens (tertiary/aromatic N) is 1. The van der Waals surface area contributed by atoms with Crippen molar-refractivity contribution < 1.29 is 22.7 Å². The van der Waals surface area contributed by atoms with Gasteiger partial charge in [-0.05, 0) is 6.07 Å². The van der Waals surface area contributed by atoms with Crippen LogP contribution in [0.4, 0.5) is 13.2 Å². The fourth-order valence-corrected chi connectivity index (χ4v) is 0.912. The van der Waals surface area contributed by atoms with E-state index in [-0.39, 0.29) is 6.29 Å². The molecule has 0 unspecified atom stereocenters. The van der Waals surface area contributed by atoms with E-state index in [4.69, 9.17) is 0 Å². The Bertz CT molecular complexity index is 355. The van der Waals surface area contributed by atoms with E-state index in [1.165, 1.54) is 0 Å². The number of hydrogen-bond donors (Lipinski definition) is 0. The minimum absolute atomic E-state index is 0.0734. The van der Waals surface area contributed by atoms with E-state index in [9.17, 15) is 18.0 Å². The molecule has 0 aliphatic heterocycles. The SMILES string of the molecule is COc1cc(C(F)F)c(C=O)nc1F. The Morgan fingerprint density at radius 1 is 1.57 bits per heavy atom. The van der Waals surface area contributed by atoms with Crippen LogP contribution in [0.5, 0.6) is 5.75 Å². The lowest BCUT2D eigenvalue weighted by Crippen LogP contribution is -2.02. The molecular formula is C8H6F3NO2. The maximum absolute atomic E-state index is 12.8. The van der Waals surface area contributed by atoms with Crippen LogP contribution < -0.4 is 4.74 Å². The second kappa shape index (κ2) is 4.08. The van der Waals surface area contributed by atoms with Crippen LogP contribution >= 0.6 is 0 Å². The summed E-state index contributed by atoms with van der Waals surface area (Å²) in [4.78, 5) is 13.3. The molecule has 6 heteroatoms. The lowest BCUT2D eigenvalue weighted by atomic mass is 10.2. The summed E-state index contributed by atoms with van der Waals surface area (Å²) in [5, 5.41) is 0. The van der Waals surface area contributed by atoms with E-state index < -0.39 is 29.4 Å². The summed E-state index contributed by atoms with van der Waals surface area (Å²) in [6, 6.07) is 0.761. The van der Waals surface area contributed by atoms with Gasteiger partial charge >= 0.3 is 0 Å². The summed E-state index contributed by atoms with van der Waals surface area (Å²) in [6.45, 7) is 0. The first-order valence-electron chi connectivity index (χ1n) is 3.58. The third-order valence-corrected chi connectivity index (χ3v) is 1.57. The number of halogens is 3. The van der Waals surface area contributed by atoms with E-state index in [2.05, 4.69) is 9.72 Å². The van der Waals surface area contributed by atoms with Crippen LogP contribution in [-0.4, -0.2) is 18.4 Å². The first-order chi connectivity index (χ1) is 6.60. The molecule has 14 heavy (non-hydrogen) atoms. The standard InChI is InChI=1S/C8H6F3NO2/c1-14-6-2-4(7(9)10)5(3-13)12-8(6)11/h2-3,7H,1H3. The zero-order valence-corrected chi connectivity index (χ0v) is 7.13. The van der Waals surface area contributed by atoms with Gasteiger partial charge in [0.15, 0.2) is 12.0 Å². The van der Waals surface area contributed by atoms with Crippen molar-refractivity contribution in [3.05, 3.63) is 23.3 Å². The Morgan fingerprint density at radius 2 is 2.21 bits per heavy atom. The average molecular weight is 205 g/mol. The normalized spacial score (nSPS) is 10.4. The molecule has 0 aromatic carbocycles. The molecule has 0 aliphatic rings. The molecule has 76 valence electrons. The van der Waals surface area contributed by atoms with E-state index >= 15 is 0 Å². The highest BCUT2D eigenvalue weighted by molar-refractivity contribution is 5.74. The quantitative estimate of drug-likeness (QED) is 0.559. The Balaban J connectivity index is 3.32. The van der Waals surface area contributed by atoms with E-state index in [1.54, 1.807) is 0 Å². The van der Waals surface area contributed by atoms with Crippen molar-refractivity contribution >= 4 is 6.29 Å². The van der Waals surface area contributed by atoms with Gasteiger partial charge in [0.25, 0.3) is 12.4 Å². The van der Waals surface area contributed by atoms with Crippen LogP contribution in [0.1, 0.15) is 22.5 Å². The summed E-state index contributed by atoms with van der Waals surface area (Å²) in [7, 11) is 1.12. The number of alkyl halides is 2. The van der Waals surface area contributed by atoms with Crippen molar-refractivity contribution in [2.45, 2.75) is 6.43 Å². The second-order valence-electron chi connectivity index (χ2n) is 2.37. The highest BCUT2D eigenvalue weighted by Gasteiger charge is 2.18. The molecule has 0 bridgehead atoms. The van der Waals surface area contributed by atoms with Crippen LogP contribution in [0.15, 0.2) is 6.07 Å². The molecule has 1 aromatic heterocycles. The van der Waals surface area contributed by atoms with Crippen molar-refractivity contribution in [1.82, 2.24) is 4.98 Å². The van der Waals surface area contributed by atoms with Gasteiger partial charge in [0.05, 0.1) is 12.7 Å². The molecule has 0 atom stereocenters. The minimum atomic E-state index is -2.89. The van der Waals surface area contributed by atoms with E-state index in [0.29, 0.717) is 0 Å². The van der Waals surface area contributed by atoms with Crippen LogP contribution in [0.25, 0.3) is 0 Å². The number of aldehydes is 1. The smallest absolute Gasteiger partial charge is 0.266 e. The van der Waals surface area contributed by atoms with E-state index in [0.717, 1.165) is 13.2 Å². The van der Waals surface area contributed by atoms with Crippen molar-refractivity contribution in [3.63, 3.8) is 0 Å². The van der Waals surface area contributed by atoms with Gasteiger partial charge in [-0.2, -0.15) is 4.39 Å². The Morgan fingerprint density at radius 3 is 2.64 bits per heavy atom. The number of pyridine rings is 1. The zero-order valence-electron chi connectivity index (χ0n) is 7.13. The lowest BCUT2D eigenvalue weighted by Gasteiger charge is -2.06. The molecular weight excluding hydrogens is 199 g/mol. The molecule has 0 saturated carbocycles. The molecule has 1 aromatic rings. The number of aromatic nitrogens is 1. The number of carbonyl (C=O) groups is 1. The Kier molecular flexibility index (Phi) is 3.06. The molecule has 0 N–H and O–H groups in total. The number of ether oxygens (including phenoxy) is 1. The molecule has 0 spiro atoms. The van der Waals surface area contributed by atoms with Gasteiger partial charge in [-0.25, -0.2) is 13.8 Å². The number of rotatable bonds is 3. The third kappa shape index (κ3) is 1.84. The topological polar surface area (TPSA) is 39.2 Å².